The van der Waals surface area contributed by atoms with Crippen molar-refractivity contribution < 1.29 is 58.7 Å². The molecule has 12 nitrogen and oxygen atoms in total. The first-order valence-corrected chi connectivity index (χ1v) is 18.3. The number of hydroxylamine groups is 6. The van der Waals surface area contributed by atoms with E-state index in [9.17, 15) is 39.2 Å². The van der Waals surface area contributed by atoms with Crippen molar-refractivity contribution in [2.75, 3.05) is 0 Å². The number of carboxylic acids is 2. The summed E-state index contributed by atoms with van der Waals surface area (Å²) in [6.45, 7) is 0. The van der Waals surface area contributed by atoms with Gasteiger partial charge in [0.25, 0.3) is 0 Å². The van der Waals surface area contributed by atoms with Gasteiger partial charge in [-0.3, -0.25) is 9.59 Å². The normalized spacial score (nSPS) is 19.0. The molecular weight excluding hydrogens is 612 g/mol. The summed E-state index contributed by atoms with van der Waals surface area (Å²) >= 11 is 0. The molecule has 2 unspecified atom stereocenters. The van der Waals surface area contributed by atoms with E-state index in [1.165, 1.54) is 0 Å². The standard InChI is InChI=1S/C30H48N2O10S2/c33-23-19-20-24(34)31(23,41)27(15-11-7-3-1-5-9-13-17-29(37)38)43-44-28(32(42)25(35)21-22-26(32)36)16-12-8-4-2-6-10-14-18-30(39)40/h27-28,41-42H,1-22H2/p+2. The van der Waals surface area contributed by atoms with Crippen LogP contribution < -0.4 is 0 Å². The second-order valence-electron chi connectivity index (χ2n) is 11.9. The van der Waals surface area contributed by atoms with Crippen LogP contribution in [0.5, 0.6) is 0 Å². The molecule has 2 atom stereocenters. The van der Waals surface area contributed by atoms with Crippen molar-refractivity contribution in [1.29, 1.82) is 0 Å². The number of carbonyl (C=O) groups excluding carboxylic acids is 4. The van der Waals surface area contributed by atoms with Crippen LogP contribution in [0.25, 0.3) is 0 Å². The number of hydrogen-bond donors (Lipinski definition) is 4. The fraction of sp³-hybridized carbons (Fsp3) is 0.800. The summed E-state index contributed by atoms with van der Waals surface area (Å²) in [6.07, 6.45) is 12.2. The molecule has 0 aliphatic carbocycles. The van der Waals surface area contributed by atoms with Crippen molar-refractivity contribution in [1.82, 2.24) is 0 Å². The van der Waals surface area contributed by atoms with Gasteiger partial charge in [-0.25, -0.2) is 29.6 Å². The maximum Gasteiger partial charge on any atom is 0.354 e. The molecule has 2 fully saturated rings. The Morgan fingerprint density at radius 1 is 0.500 bits per heavy atom. The van der Waals surface area contributed by atoms with Gasteiger partial charge in [-0.05, 0) is 56.6 Å². The van der Waals surface area contributed by atoms with Crippen molar-refractivity contribution in [2.45, 2.75) is 152 Å². The number of aliphatic carboxylic acids is 2. The summed E-state index contributed by atoms with van der Waals surface area (Å²) in [7, 11) is 2.19. The van der Waals surface area contributed by atoms with Crippen LogP contribution in [0.1, 0.15) is 141 Å². The Bertz CT molecular complexity index is 898. The highest BCUT2D eigenvalue weighted by atomic mass is 33.1. The first-order valence-electron chi connectivity index (χ1n) is 16.1. The molecule has 4 N–H and O–H groups in total. The predicted molar refractivity (Wildman–Crippen MR) is 164 cm³/mol. The number of quaternary nitrogens is 2. The Kier molecular flexibility index (Phi) is 17.1. The average molecular weight is 663 g/mol. The van der Waals surface area contributed by atoms with Gasteiger partial charge in [0.1, 0.15) is 0 Å². The second kappa shape index (κ2) is 19.6. The molecule has 250 valence electrons. The second-order valence-corrected chi connectivity index (χ2v) is 14.5. The zero-order valence-electron chi connectivity index (χ0n) is 25.7. The number of rotatable bonds is 25. The van der Waals surface area contributed by atoms with Crippen LogP contribution in [0, 0.1) is 0 Å². The molecule has 0 aromatic heterocycles. The third kappa shape index (κ3) is 11.5. The Balaban J connectivity index is 1.96. The number of likely N-dealkylation sites (tertiary alicyclic amines) is 2. The molecular formula is C30H50N2O10S2+2. The van der Waals surface area contributed by atoms with E-state index in [-0.39, 0.29) is 38.5 Å². The van der Waals surface area contributed by atoms with E-state index in [0.717, 1.165) is 85.8 Å². The lowest BCUT2D eigenvalue weighted by atomic mass is 10.1. The SMILES string of the molecule is O=C(O)CCCCCCCCCC(SSC(CCCCCCCCCC(=O)O)[N+]1(O)C(=O)CCC1=O)[N+]1(O)C(=O)CCC1=O. The van der Waals surface area contributed by atoms with Crippen LogP contribution in [-0.4, -0.2) is 76.2 Å². The summed E-state index contributed by atoms with van der Waals surface area (Å²) in [5.74, 6) is -3.90. The number of carboxylic acid groups (broad SMARTS) is 2. The summed E-state index contributed by atoms with van der Waals surface area (Å²) in [4.78, 5) is 72.1. The van der Waals surface area contributed by atoms with Gasteiger partial charge in [0, 0.05) is 25.7 Å². The maximum atomic E-state index is 12.7. The van der Waals surface area contributed by atoms with Crippen molar-refractivity contribution in [3.05, 3.63) is 0 Å². The van der Waals surface area contributed by atoms with Crippen LogP contribution in [0.4, 0.5) is 0 Å². The smallest absolute Gasteiger partial charge is 0.354 e. The van der Waals surface area contributed by atoms with Gasteiger partial charge in [-0.15, -0.1) is 0 Å². The van der Waals surface area contributed by atoms with Crippen LogP contribution in [0.15, 0.2) is 0 Å². The molecule has 0 saturated carbocycles. The molecule has 2 heterocycles. The molecule has 0 bridgehead atoms. The highest BCUT2D eigenvalue weighted by molar-refractivity contribution is 8.77. The van der Waals surface area contributed by atoms with Crippen molar-refractivity contribution in [2.24, 2.45) is 0 Å². The molecule has 0 aromatic rings. The van der Waals surface area contributed by atoms with Gasteiger partial charge in [-0.2, -0.15) is 0 Å². The van der Waals surface area contributed by atoms with E-state index in [2.05, 4.69) is 0 Å². The van der Waals surface area contributed by atoms with Crippen LogP contribution >= 0.6 is 21.6 Å². The minimum absolute atomic E-state index is 0.0515. The number of carbonyl (C=O) groups is 6. The molecule has 2 rings (SSSR count). The van der Waals surface area contributed by atoms with Crippen LogP contribution in [0.2, 0.25) is 0 Å². The number of amides is 4. The zero-order chi connectivity index (χ0) is 32.6. The van der Waals surface area contributed by atoms with Gasteiger partial charge < -0.3 is 10.2 Å². The molecule has 44 heavy (non-hydrogen) atoms. The lowest BCUT2D eigenvalue weighted by Gasteiger charge is -2.32. The van der Waals surface area contributed by atoms with Gasteiger partial charge in [0.05, 0.1) is 25.7 Å². The number of nitrogens with zero attached hydrogens (tertiary/aromatic N) is 2. The largest absolute Gasteiger partial charge is 0.481 e. The fourth-order valence-electron chi connectivity index (χ4n) is 5.71. The molecule has 2 saturated heterocycles. The molecule has 0 aromatic carbocycles. The summed E-state index contributed by atoms with van der Waals surface area (Å²) in [5.41, 5.74) is 0. The van der Waals surface area contributed by atoms with Crippen LogP contribution in [0.3, 0.4) is 0 Å². The Morgan fingerprint density at radius 3 is 1.02 bits per heavy atom. The van der Waals surface area contributed by atoms with Crippen molar-refractivity contribution in [3.8, 4) is 0 Å². The summed E-state index contributed by atoms with van der Waals surface area (Å²) < 4.78 is -2.62. The number of hydrogen-bond acceptors (Lipinski definition) is 10. The zero-order valence-corrected chi connectivity index (χ0v) is 27.3. The topological polar surface area (TPSA) is 183 Å². The lowest BCUT2D eigenvalue weighted by molar-refractivity contribution is -0.980. The maximum absolute atomic E-state index is 12.7. The minimum atomic E-state index is -1.31. The third-order valence-electron chi connectivity index (χ3n) is 8.42. The quantitative estimate of drug-likeness (QED) is 0.0281. The molecule has 0 spiro atoms. The Hall–Kier alpha value is -1.84. The monoisotopic (exact) mass is 662 g/mol. The van der Waals surface area contributed by atoms with Gasteiger partial charge in [0.2, 0.25) is 0 Å². The van der Waals surface area contributed by atoms with Crippen LogP contribution in [-0.2, 0) is 28.8 Å². The molecule has 2 aliphatic rings. The van der Waals surface area contributed by atoms with Gasteiger partial charge >= 0.3 is 35.6 Å². The first-order chi connectivity index (χ1) is 20.9. The predicted octanol–water partition coefficient (Wildman–Crippen LogP) is 6.32. The molecule has 4 amide bonds. The van der Waals surface area contributed by atoms with E-state index in [1.54, 1.807) is 0 Å². The highest BCUT2D eigenvalue weighted by Gasteiger charge is 2.59. The Labute approximate surface area is 267 Å². The van der Waals surface area contributed by atoms with E-state index >= 15 is 0 Å². The fourth-order valence-corrected chi connectivity index (χ4v) is 9.31. The summed E-state index contributed by atoms with van der Waals surface area (Å²) in [5, 5.41) is 38.3. The Morgan fingerprint density at radius 2 is 0.750 bits per heavy atom. The van der Waals surface area contributed by atoms with E-state index in [1.807, 2.05) is 0 Å². The summed E-state index contributed by atoms with van der Waals surface area (Å²) in [6, 6.07) is 0. The van der Waals surface area contributed by atoms with E-state index < -0.39 is 55.6 Å². The lowest BCUT2D eigenvalue weighted by Crippen LogP contribution is -2.56. The molecule has 0 radical (unpaired) electrons. The average Bonchev–Trinajstić information content (AvgIpc) is 3.39. The van der Waals surface area contributed by atoms with Crippen molar-refractivity contribution in [3.63, 3.8) is 0 Å². The number of unbranched alkanes of at least 4 members (excludes halogenated alkanes) is 12. The van der Waals surface area contributed by atoms with E-state index in [0.29, 0.717) is 38.5 Å². The highest BCUT2D eigenvalue weighted by Crippen LogP contribution is 2.45. The molecule has 2 aliphatic heterocycles. The van der Waals surface area contributed by atoms with Gasteiger partial charge in [-0.1, -0.05) is 64.2 Å². The van der Waals surface area contributed by atoms with Gasteiger partial charge in [0.15, 0.2) is 10.7 Å². The van der Waals surface area contributed by atoms with E-state index in [4.69, 9.17) is 10.2 Å². The van der Waals surface area contributed by atoms with Crippen molar-refractivity contribution >= 4 is 57.2 Å². The third-order valence-corrected chi connectivity index (χ3v) is 11.7. The number of imide groups is 2. The first kappa shape index (κ1) is 38.3. The molecule has 14 heteroatoms. The minimum Gasteiger partial charge on any atom is -0.481 e.